The van der Waals surface area contributed by atoms with Crippen molar-refractivity contribution in [2.45, 2.75) is 0 Å². The lowest BCUT2D eigenvalue weighted by molar-refractivity contribution is 1.18. The molecule has 1 aliphatic rings. The van der Waals surface area contributed by atoms with E-state index < -0.39 is 0 Å². The standard InChI is InChI=1S/C48H29NS/c1-2-14-35-33(12-1)34-13-3-4-15-36(34)44-29-31(49-45-21-8-5-16-39(45)40-17-6-9-22-46(40)49)25-27-38(44)43-28-30(24-26-37(35)43)32-19-11-20-42-41-18-7-10-23-47(41)50-48(32)42/h1-29H. The highest BCUT2D eigenvalue weighted by molar-refractivity contribution is 7.26. The third-order valence-corrected chi connectivity index (χ3v) is 11.8. The van der Waals surface area contributed by atoms with Gasteiger partial charge in [0.05, 0.1) is 11.0 Å². The largest absolute Gasteiger partial charge is 0.309 e. The number of para-hydroxylation sites is 2. The lowest BCUT2D eigenvalue weighted by atomic mass is 9.80. The van der Waals surface area contributed by atoms with Crippen LogP contribution in [0.15, 0.2) is 176 Å². The van der Waals surface area contributed by atoms with Crippen molar-refractivity contribution in [3.05, 3.63) is 176 Å². The van der Waals surface area contributed by atoms with Crippen LogP contribution < -0.4 is 0 Å². The highest BCUT2D eigenvalue weighted by Gasteiger charge is 2.24. The Bertz CT molecular complexity index is 2940. The average Bonchev–Trinajstić information content (AvgIpc) is 3.73. The monoisotopic (exact) mass is 651 g/mol. The molecular formula is C48H29NS. The summed E-state index contributed by atoms with van der Waals surface area (Å²) in [6.45, 7) is 0. The lowest BCUT2D eigenvalue weighted by Gasteiger charge is -2.24. The molecule has 2 heteroatoms. The van der Waals surface area contributed by atoms with E-state index in [1.54, 1.807) is 0 Å². The number of thiophene rings is 1. The van der Waals surface area contributed by atoms with Crippen molar-refractivity contribution < 1.29 is 0 Å². The third-order valence-electron chi connectivity index (χ3n) is 10.6. The molecule has 0 amide bonds. The summed E-state index contributed by atoms with van der Waals surface area (Å²) in [4.78, 5) is 0. The molecule has 0 unspecified atom stereocenters. The first-order valence-electron chi connectivity index (χ1n) is 17.2. The van der Waals surface area contributed by atoms with Gasteiger partial charge in [0.15, 0.2) is 0 Å². The van der Waals surface area contributed by atoms with E-state index in [1.807, 2.05) is 11.3 Å². The molecule has 0 N–H and O–H groups in total. The van der Waals surface area contributed by atoms with E-state index in [0.29, 0.717) is 0 Å². The van der Waals surface area contributed by atoms with Gasteiger partial charge in [0.2, 0.25) is 0 Å². The summed E-state index contributed by atoms with van der Waals surface area (Å²) in [5.74, 6) is 0. The average molecular weight is 652 g/mol. The van der Waals surface area contributed by atoms with Gasteiger partial charge in [-0.15, -0.1) is 11.3 Å². The van der Waals surface area contributed by atoms with Gasteiger partial charge in [0, 0.05) is 36.6 Å². The number of nitrogens with zero attached hydrogens (tertiary/aromatic N) is 1. The first kappa shape index (κ1) is 27.7. The van der Waals surface area contributed by atoms with Crippen molar-refractivity contribution >= 4 is 53.3 Å². The lowest BCUT2D eigenvalue weighted by Crippen LogP contribution is -2.00. The summed E-state index contributed by atoms with van der Waals surface area (Å²) >= 11 is 1.89. The molecule has 1 nitrogen and oxygen atoms in total. The molecule has 11 rings (SSSR count). The smallest absolute Gasteiger partial charge is 0.0541 e. The molecule has 1 aliphatic carbocycles. The van der Waals surface area contributed by atoms with Crippen molar-refractivity contribution in [2.75, 3.05) is 0 Å². The molecule has 2 heterocycles. The third kappa shape index (κ3) is 3.94. The van der Waals surface area contributed by atoms with Crippen molar-refractivity contribution in [1.29, 1.82) is 0 Å². The van der Waals surface area contributed by atoms with Crippen molar-refractivity contribution in [3.63, 3.8) is 0 Å². The SMILES string of the molecule is c1ccc2c(c1)-c1ccccc1-c1cc(-n3c4ccccc4c4ccccc43)ccc1-c1cc(-c3cccc4c3sc3ccccc34)ccc1-2. The van der Waals surface area contributed by atoms with Crippen LogP contribution in [0.25, 0.3) is 103 Å². The highest BCUT2D eigenvalue weighted by Crippen LogP contribution is 2.50. The Morgan fingerprint density at radius 1 is 0.320 bits per heavy atom. The van der Waals surface area contributed by atoms with Gasteiger partial charge < -0.3 is 4.57 Å². The number of fused-ring (bicyclic) bond motifs is 14. The summed E-state index contributed by atoms with van der Waals surface area (Å²) in [6, 6.07) is 65.1. The fourth-order valence-electron chi connectivity index (χ4n) is 8.38. The molecule has 0 aliphatic heterocycles. The molecule has 0 spiro atoms. The topological polar surface area (TPSA) is 4.93 Å². The van der Waals surface area contributed by atoms with Crippen LogP contribution >= 0.6 is 11.3 Å². The summed E-state index contributed by atoms with van der Waals surface area (Å²) in [6.07, 6.45) is 0. The van der Waals surface area contributed by atoms with E-state index in [4.69, 9.17) is 0 Å². The van der Waals surface area contributed by atoms with Gasteiger partial charge in [0.1, 0.15) is 0 Å². The maximum absolute atomic E-state index is 2.44. The summed E-state index contributed by atoms with van der Waals surface area (Å²) in [5, 5.41) is 5.20. The molecular weight excluding hydrogens is 623 g/mol. The van der Waals surface area contributed by atoms with Crippen LogP contribution in [0.1, 0.15) is 0 Å². The fraction of sp³-hybridized carbons (Fsp3) is 0. The van der Waals surface area contributed by atoms with Crippen molar-refractivity contribution in [1.82, 2.24) is 4.57 Å². The van der Waals surface area contributed by atoms with E-state index in [2.05, 4.69) is 180 Å². The number of hydrogen-bond acceptors (Lipinski definition) is 1. The van der Waals surface area contributed by atoms with Crippen LogP contribution in [-0.4, -0.2) is 4.57 Å². The molecule has 0 saturated carbocycles. The molecule has 232 valence electrons. The summed E-state index contributed by atoms with van der Waals surface area (Å²) < 4.78 is 5.10. The minimum absolute atomic E-state index is 1.16. The van der Waals surface area contributed by atoms with Gasteiger partial charge in [-0.2, -0.15) is 0 Å². The zero-order chi connectivity index (χ0) is 32.8. The van der Waals surface area contributed by atoms with Gasteiger partial charge in [0.25, 0.3) is 0 Å². The Morgan fingerprint density at radius 3 is 1.50 bits per heavy atom. The zero-order valence-electron chi connectivity index (χ0n) is 27.1. The fourth-order valence-corrected chi connectivity index (χ4v) is 9.62. The Balaban J connectivity index is 1.22. The molecule has 0 fully saturated rings. The molecule has 10 aromatic rings. The zero-order valence-corrected chi connectivity index (χ0v) is 27.9. The van der Waals surface area contributed by atoms with Crippen LogP contribution in [-0.2, 0) is 0 Å². The van der Waals surface area contributed by atoms with E-state index in [1.165, 1.54) is 97.6 Å². The maximum atomic E-state index is 2.44. The second kappa shape index (κ2) is 10.6. The van der Waals surface area contributed by atoms with Crippen LogP contribution in [0.2, 0.25) is 0 Å². The van der Waals surface area contributed by atoms with Crippen LogP contribution in [0, 0.1) is 0 Å². The molecule has 50 heavy (non-hydrogen) atoms. The molecule has 8 aromatic carbocycles. The minimum atomic E-state index is 1.16. The quantitative estimate of drug-likeness (QED) is 0.175. The predicted molar refractivity (Wildman–Crippen MR) is 214 cm³/mol. The van der Waals surface area contributed by atoms with Crippen molar-refractivity contribution in [3.8, 4) is 61.3 Å². The number of rotatable bonds is 2. The van der Waals surface area contributed by atoms with Gasteiger partial charge in [-0.05, 0) is 92.0 Å². The van der Waals surface area contributed by atoms with Gasteiger partial charge in [-0.3, -0.25) is 0 Å². The van der Waals surface area contributed by atoms with E-state index in [0.717, 1.165) is 5.69 Å². The van der Waals surface area contributed by atoms with E-state index >= 15 is 0 Å². The van der Waals surface area contributed by atoms with Crippen LogP contribution in [0.3, 0.4) is 0 Å². The number of aromatic nitrogens is 1. The Hall–Kier alpha value is -6.22. The van der Waals surface area contributed by atoms with Gasteiger partial charge >= 0.3 is 0 Å². The van der Waals surface area contributed by atoms with Crippen LogP contribution in [0.4, 0.5) is 0 Å². The first-order chi connectivity index (χ1) is 24.8. The predicted octanol–water partition coefficient (Wildman–Crippen LogP) is 13.8. The molecule has 0 radical (unpaired) electrons. The normalized spacial score (nSPS) is 12.0. The van der Waals surface area contributed by atoms with E-state index in [-0.39, 0.29) is 0 Å². The van der Waals surface area contributed by atoms with Gasteiger partial charge in [-0.25, -0.2) is 0 Å². The Labute approximate surface area is 293 Å². The minimum Gasteiger partial charge on any atom is -0.309 e. The molecule has 0 bridgehead atoms. The first-order valence-corrected chi connectivity index (χ1v) is 18.0. The van der Waals surface area contributed by atoms with Crippen LogP contribution in [0.5, 0.6) is 0 Å². The Morgan fingerprint density at radius 2 is 0.800 bits per heavy atom. The number of benzene rings is 8. The molecule has 0 atom stereocenters. The molecule has 0 saturated heterocycles. The maximum Gasteiger partial charge on any atom is 0.0541 e. The van der Waals surface area contributed by atoms with Gasteiger partial charge in [-0.1, -0.05) is 140 Å². The Kier molecular flexibility index (Phi) is 5.89. The second-order valence-electron chi connectivity index (χ2n) is 13.2. The van der Waals surface area contributed by atoms with E-state index in [9.17, 15) is 0 Å². The molecule has 2 aromatic heterocycles. The summed E-state index contributed by atoms with van der Waals surface area (Å²) in [5.41, 5.74) is 16.2. The highest BCUT2D eigenvalue weighted by atomic mass is 32.1. The summed E-state index contributed by atoms with van der Waals surface area (Å²) in [7, 11) is 0. The van der Waals surface area contributed by atoms with Crippen molar-refractivity contribution in [2.24, 2.45) is 0 Å². The number of hydrogen-bond donors (Lipinski definition) is 0. The second-order valence-corrected chi connectivity index (χ2v) is 14.3.